The summed E-state index contributed by atoms with van der Waals surface area (Å²) in [6, 6.07) is 7.98. The van der Waals surface area contributed by atoms with E-state index in [1.807, 2.05) is 24.3 Å². The van der Waals surface area contributed by atoms with Crippen LogP contribution in [0.4, 0.5) is 0 Å². The SMILES string of the molecule is NC(=O)[C@@H]1CCCN(C(=O)COC(=O)CCCSc2nc3ccccc3s2)C1. The molecule has 150 valence electrons. The Balaban J connectivity index is 1.33. The van der Waals surface area contributed by atoms with Crippen LogP contribution >= 0.6 is 23.1 Å². The lowest BCUT2D eigenvalue weighted by Gasteiger charge is -2.31. The van der Waals surface area contributed by atoms with Gasteiger partial charge in [-0.1, -0.05) is 23.9 Å². The second-order valence-corrected chi connectivity index (χ2v) is 9.01. The number of benzene rings is 1. The summed E-state index contributed by atoms with van der Waals surface area (Å²) in [5.41, 5.74) is 6.31. The largest absolute Gasteiger partial charge is 0.456 e. The zero-order valence-electron chi connectivity index (χ0n) is 15.5. The summed E-state index contributed by atoms with van der Waals surface area (Å²) < 4.78 is 7.22. The van der Waals surface area contributed by atoms with E-state index in [1.54, 1.807) is 28.0 Å². The quantitative estimate of drug-likeness (QED) is 0.399. The number of nitrogens with two attached hydrogens (primary N) is 1. The molecule has 1 saturated heterocycles. The number of esters is 1. The van der Waals surface area contributed by atoms with Gasteiger partial charge in [0.25, 0.3) is 5.91 Å². The number of rotatable bonds is 8. The van der Waals surface area contributed by atoms with E-state index in [4.69, 9.17) is 10.5 Å². The first-order valence-corrected chi connectivity index (χ1v) is 11.0. The Kier molecular flexibility index (Phi) is 7.27. The smallest absolute Gasteiger partial charge is 0.306 e. The highest BCUT2D eigenvalue weighted by Crippen LogP contribution is 2.29. The summed E-state index contributed by atoms with van der Waals surface area (Å²) >= 11 is 3.26. The van der Waals surface area contributed by atoms with Gasteiger partial charge in [-0.3, -0.25) is 14.4 Å². The highest BCUT2D eigenvalue weighted by molar-refractivity contribution is 8.01. The fraction of sp³-hybridized carbons (Fsp3) is 0.474. The predicted octanol–water partition coefficient (Wildman–Crippen LogP) is 2.44. The number of amides is 2. The lowest BCUT2D eigenvalue weighted by molar-refractivity contribution is -0.153. The van der Waals surface area contributed by atoms with E-state index >= 15 is 0 Å². The molecular weight excluding hydrogens is 398 g/mol. The number of primary amides is 1. The Bertz CT molecular complexity index is 822. The Labute approximate surface area is 171 Å². The van der Waals surface area contributed by atoms with Gasteiger partial charge in [0.05, 0.1) is 16.1 Å². The Hall–Kier alpha value is -2.13. The minimum Gasteiger partial charge on any atom is -0.456 e. The molecule has 0 saturated carbocycles. The van der Waals surface area contributed by atoms with E-state index in [0.29, 0.717) is 25.9 Å². The van der Waals surface area contributed by atoms with Crippen molar-refractivity contribution in [1.29, 1.82) is 0 Å². The number of fused-ring (bicyclic) bond motifs is 1. The first-order chi connectivity index (χ1) is 13.5. The lowest BCUT2D eigenvalue weighted by atomic mass is 9.97. The number of thiazole rings is 1. The second kappa shape index (κ2) is 9.88. The van der Waals surface area contributed by atoms with Crippen molar-refractivity contribution in [2.24, 2.45) is 11.7 Å². The van der Waals surface area contributed by atoms with Crippen molar-refractivity contribution in [3.05, 3.63) is 24.3 Å². The molecule has 2 aromatic rings. The molecular formula is C19H23N3O4S2. The molecule has 0 unspecified atom stereocenters. The first-order valence-electron chi connectivity index (χ1n) is 9.24. The van der Waals surface area contributed by atoms with Gasteiger partial charge in [0.15, 0.2) is 10.9 Å². The average molecular weight is 422 g/mol. The van der Waals surface area contributed by atoms with Crippen LogP contribution in [0.1, 0.15) is 25.7 Å². The number of nitrogens with zero attached hydrogens (tertiary/aromatic N) is 2. The van der Waals surface area contributed by atoms with E-state index in [1.165, 1.54) is 0 Å². The van der Waals surface area contributed by atoms with Crippen molar-refractivity contribution in [3.63, 3.8) is 0 Å². The molecule has 28 heavy (non-hydrogen) atoms. The number of hydrogen-bond acceptors (Lipinski definition) is 7. The van der Waals surface area contributed by atoms with E-state index in [9.17, 15) is 14.4 Å². The molecule has 0 aliphatic carbocycles. The maximum atomic E-state index is 12.2. The normalized spacial score (nSPS) is 16.9. The van der Waals surface area contributed by atoms with Crippen molar-refractivity contribution < 1.29 is 19.1 Å². The molecule has 1 aromatic carbocycles. The van der Waals surface area contributed by atoms with Crippen LogP contribution in [-0.4, -0.2) is 53.1 Å². The molecule has 0 spiro atoms. The number of likely N-dealkylation sites (tertiary alicyclic amines) is 1. The Morgan fingerprint density at radius 2 is 2.14 bits per heavy atom. The van der Waals surface area contributed by atoms with Gasteiger partial charge in [0.1, 0.15) is 0 Å². The van der Waals surface area contributed by atoms with Crippen LogP contribution in [-0.2, 0) is 19.1 Å². The number of hydrogen-bond donors (Lipinski definition) is 1. The summed E-state index contributed by atoms with van der Waals surface area (Å²) in [6.07, 6.45) is 2.34. The van der Waals surface area contributed by atoms with E-state index < -0.39 is 0 Å². The number of aromatic nitrogens is 1. The van der Waals surface area contributed by atoms with E-state index in [0.717, 1.165) is 26.7 Å². The number of para-hydroxylation sites is 1. The maximum absolute atomic E-state index is 12.2. The Morgan fingerprint density at radius 3 is 2.93 bits per heavy atom. The molecule has 2 amide bonds. The number of piperidine rings is 1. The van der Waals surface area contributed by atoms with Crippen LogP contribution in [0, 0.1) is 5.92 Å². The second-order valence-electron chi connectivity index (χ2n) is 6.64. The molecule has 0 radical (unpaired) electrons. The summed E-state index contributed by atoms with van der Waals surface area (Å²) in [7, 11) is 0. The van der Waals surface area contributed by atoms with Crippen molar-refractivity contribution >= 4 is 51.1 Å². The summed E-state index contributed by atoms with van der Waals surface area (Å²) in [4.78, 5) is 41.4. The fourth-order valence-electron chi connectivity index (χ4n) is 3.03. The molecule has 1 aliphatic rings. The third kappa shape index (κ3) is 5.68. The molecule has 3 rings (SSSR count). The van der Waals surface area contributed by atoms with E-state index in [-0.39, 0.29) is 36.7 Å². The van der Waals surface area contributed by atoms with Crippen LogP contribution in [0.2, 0.25) is 0 Å². The topological polar surface area (TPSA) is 103 Å². The summed E-state index contributed by atoms with van der Waals surface area (Å²) in [5.74, 6) is -0.604. The zero-order chi connectivity index (χ0) is 19.9. The monoisotopic (exact) mass is 421 g/mol. The van der Waals surface area contributed by atoms with Gasteiger partial charge < -0.3 is 15.4 Å². The highest BCUT2D eigenvalue weighted by Gasteiger charge is 2.27. The van der Waals surface area contributed by atoms with E-state index in [2.05, 4.69) is 4.98 Å². The predicted molar refractivity (Wildman–Crippen MR) is 109 cm³/mol. The molecule has 1 fully saturated rings. The van der Waals surface area contributed by atoms with Crippen LogP contribution in [0.3, 0.4) is 0 Å². The molecule has 2 N–H and O–H groups in total. The van der Waals surface area contributed by atoms with Crippen molar-refractivity contribution in [2.75, 3.05) is 25.4 Å². The van der Waals surface area contributed by atoms with Crippen LogP contribution in [0.15, 0.2) is 28.6 Å². The van der Waals surface area contributed by atoms with Crippen molar-refractivity contribution in [1.82, 2.24) is 9.88 Å². The van der Waals surface area contributed by atoms with Crippen LogP contribution in [0.5, 0.6) is 0 Å². The first kappa shape index (κ1) is 20.6. The zero-order valence-corrected chi connectivity index (χ0v) is 17.1. The summed E-state index contributed by atoms with van der Waals surface area (Å²) in [6.45, 7) is 0.596. The lowest BCUT2D eigenvalue weighted by Crippen LogP contribution is -2.45. The van der Waals surface area contributed by atoms with Crippen LogP contribution in [0.25, 0.3) is 10.2 Å². The highest BCUT2D eigenvalue weighted by atomic mass is 32.2. The molecule has 1 aromatic heterocycles. The molecule has 1 aliphatic heterocycles. The number of thioether (sulfide) groups is 1. The standard InChI is InChI=1S/C19H23N3O4S2/c20-18(25)13-5-3-9-22(11-13)16(23)12-26-17(24)8-4-10-27-19-21-14-6-1-2-7-15(14)28-19/h1-2,6-7,13H,3-5,8-12H2,(H2,20,25)/t13-/m1/s1. The average Bonchev–Trinajstić information content (AvgIpc) is 3.12. The maximum Gasteiger partial charge on any atom is 0.306 e. The number of ether oxygens (including phenoxy) is 1. The molecule has 9 heteroatoms. The number of carbonyl (C=O) groups is 3. The van der Waals surface area contributed by atoms with Gasteiger partial charge in [0, 0.05) is 25.3 Å². The third-order valence-corrected chi connectivity index (χ3v) is 6.82. The summed E-state index contributed by atoms with van der Waals surface area (Å²) in [5, 5.41) is 0. The molecule has 1 atom stereocenters. The van der Waals surface area contributed by atoms with Crippen molar-refractivity contribution in [2.45, 2.75) is 30.0 Å². The van der Waals surface area contributed by atoms with Gasteiger partial charge in [-0.25, -0.2) is 4.98 Å². The van der Waals surface area contributed by atoms with Gasteiger partial charge >= 0.3 is 5.97 Å². The minimum atomic E-state index is -0.389. The van der Waals surface area contributed by atoms with Crippen LogP contribution < -0.4 is 5.73 Å². The third-order valence-electron chi connectivity index (χ3n) is 4.56. The molecule has 0 bridgehead atoms. The molecule has 7 nitrogen and oxygen atoms in total. The van der Waals surface area contributed by atoms with Gasteiger partial charge in [-0.2, -0.15) is 0 Å². The van der Waals surface area contributed by atoms with Gasteiger partial charge in [-0.05, 0) is 31.4 Å². The minimum absolute atomic E-state index is 0.259. The van der Waals surface area contributed by atoms with Crippen molar-refractivity contribution in [3.8, 4) is 0 Å². The van der Waals surface area contributed by atoms with Gasteiger partial charge in [0.2, 0.25) is 5.91 Å². The Morgan fingerprint density at radius 1 is 1.32 bits per heavy atom. The number of carbonyl (C=O) groups excluding carboxylic acids is 3. The molecule has 2 heterocycles. The fourth-order valence-corrected chi connectivity index (χ4v) is 5.11. The van der Waals surface area contributed by atoms with Gasteiger partial charge in [-0.15, -0.1) is 11.3 Å².